The number of pyridine rings is 1. The fraction of sp³-hybridized carbons (Fsp3) is 0.118. The van der Waals surface area contributed by atoms with Crippen molar-refractivity contribution in [2.45, 2.75) is 13.8 Å². The highest BCUT2D eigenvalue weighted by Gasteiger charge is 2.09. The predicted molar refractivity (Wildman–Crippen MR) is 87.2 cm³/mol. The molecule has 2 aromatic carbocycles. The van der Waals surface area contributed by atoms with E-state index in [1.165, 1.54) is 0 Å². The van der Waals surface area contributed by atoms with Crippen LogP contribution in [0.3, 0.4) is 0 Å². The standard InChI is InChI=1S/C17H15ClN2O/c1-10-3-4-14(18)17(7-10)21-16-6-5-15(19)13-9-20-11(2)8-12(13)16/h3-9H,19H2,1-2H3. The average Bonchev–Trinajstić information content (AvgIpc) is 2.46. The van der Waals surface area contributed by atoms with Crippen molar-refractivity contribution in [3.63, 3.8) is 0 Å². The topological polar surface area (TPSA) is 48.1 Å². The largest absolute Gasteiger partial charge is 0.455 e. The lowest BCUT2D eigenvalue weighted by Crippen LogP contribution is -1.93. The summed E-state index contributed by atoms with van der Waals surface area (Å²) in [6, 6.07) is 11.3. The maximum atomic E-state index is 6.20. The van der Waals surface area contributed by atoms with Gasteiger partial charge >= 0.3 is 0 Å². The number of halogens is 1. The van der Waals surface area contributed by atoms with E-state index < -0.39 is 0 Å². The first kappa shape index (κ1) is 13.7. The molecule has 1 aromatic heterocycles. The van der Waals surface area contributed by atoms with Gasteiger partial charge in [-0.3, -0.25) is 4.98 Å². The quantitative estimate of drug-likeness (QED) is 0.686. The molecule has 0 aliphatic rings. The highest BCUT2D eigenvalue weighted by Crippen LogP contribution is 2.36. The van der Waals surface area contributed by atoms with E-state index >= 15 is 0 Å². The smallest absolute Gasteiger partial charge is 0.146 e. The maximum absolute atomic E-state index is 6.20. The summed E-state index contributed by atoms with van der Waals surface area (Å²) < 4.78 is 6.00. The molecule has 0 radical (unpaired) electrons. The second kappa shape index (κ2) is 5.26. The van der Waals surface area contributed by atoms with Crippen LogP contribution in [-0.4, -0.2) is 4.98 Å². The van der Waals surface area contributed by atoms with E-state index in [0.29, 0.717) is 16.5 Å². The van der Waals surface area contributed by atoms with Crippen molar-refractivity contribution < 1.29 is 4.74 Å². The van der Waals surface area contributed by atoms with E-state index in [0.717, 1.165) is 27.8 Å². The van der Waals surface area contributed by atoms with Crippen LogP contribution in [0.15, 0.2) is 42.6 Å². The van der Waals surface area contributed by atoms with Crippen LogP contribution in [0.25, 0.3) is 10.8 Å². The Labute approximate surface area is 128 Å². The van der Waals surface area contributed by atoms with Gasteiger partial charge in [-0.15, -0.1) is 0 Å². The number of aromatic nitrogens is 1. The SMILES string of the molecule is Cc1ccc(Cl)c(Oc2ccc(N)c3cnc(C)cc23)c1. The molecule has 3 rings (SSSR count). The van der Waals surface area contributed by atoms with Gasteiger partial charge in [-0.05, 0) is 49.7 Å². The summed E-state index contributed by atoms with van der Waals surface area (Å²) in [5, 5.41) is 2.39. The lowest BCUT2D eigenvalue weighted by molar-refractivity contribution is 0.488. The van der Waals surface area contributed by atoms with Crippen LogP contribution in [0, 0.1) is 13.8 Å². The zero-order chi connectivity index (χ0) is 15.0. The number of rotatable bonds is 2. The minimum atomic E-state index is 0.580. The van der Waals surface area contributed by atoms with Crippen molar-refractivity contribution in [1.29, 1.82) is 0 Å². The fourth-order valence-corrected chi connectivity index (χ4v) is 2.39. The normalized spacial score (nSPS) is 10.8. The number of hydrogen-bond donors (Lipinski definition) is 1. The first-order chi connectivity index (χ1) is 10.0. The van der Waals surface area contributed by atoms with Gasteiger partial charge in [0, 0.05) is 28.4 Å². The number of anilines is 1. The van der Waals surface area contributed by atoms with Crippen LogP contribution in [-0.2, 0) is 0 Å². The van der Waals surface area contributed by atoms with Gasteiger partial charge in [0.15, 0.2) is 0 Å². The maximum Gasteiger partial charge on any atom is 0.146 e. The number of ether oxygens (including phenoxy) is 1. The Morgan fingerprint density at radius 1 is 1.00 bits per heavy atom. The number of aryl methyl sites for hydroxylation is 2. The van der Waals surface area contributed by atoms with E-state index in [2.05, 4.69) is 4.98 Å². The van der Waals surface area contributed by atoms with Gasteiger partial charge in [0.2, 0.25) is 0 Å². The molecule has 0 aliphatic heterocycles. The number of nitrogens with two attached hydrogens (primary N) is 1. The molecule has 0 spiro atoms. The van der Waals surface area contributed by atoms with Crippen LogP contribution in [0.5, 0.6) is 11.5 Å². The number of benzene rings is 2. The van der Waals surface area contributed by atoms with Crippen molar-refractivity contribution in [2.75, 3.05) is 5.73 Å². The lowest BCUT2D eigenvalue weighted by Gasteiger charge is -2.12. The average molecular weight is 299 g/mol. The van der Waals surface area contributed by atoms with Gasteiger partial charge in [-0.2, -0.15) is 0 Å². The number of nitrogens with zero attached hydrogens (tertiary/aromatic N) is 1. The molecule has 0 aliphatic carbocycles. The Morgan fingerprint density at radius 2 is 1.81 bits per heavy atom. The summed E-state index contributed by atoms with van der Waals surface area (Å²) >= 11 is 6.20. The van der Waals surface area contributed by atoms with E-state index in [1.807, 2.05) is 50.2 Å². The van der Waals surface area contributed by atoms with Gasteiger partial charge in [0.1, 0.15) is 11.5 Å². The van der Waals surface area contributed by atoms with Crippen LogP contribution in [0.1, 0.15) is 11.3 Å². The molecule has 3 aromatic rings. The zero-order valence-electron chi connectivity index (χ0n) is 11.9. The molecule has 106 valence electrons. The van der Waals surface area contributed by atoms with Crippen molar-refractivity contribution >= 4 is 28.1 Å². The monoisotopic (exact) mass is 298 g/mol. The molecule has 3 nitrogen and oxygen atoms in total. The molecule has 21 heavy (non-hydrogen) atoms. The predicted octanol–water partition coefficient (Wildman–Crippen LogP) is 4.88. The van der Waals surface area contributed by atoms with E-state index in [1.54, 1.807) is 6.20 Å². The van der Waals surface area contributed by atoms with Crippen LogP contribution >= 0.6 is 11.6 Å². The van der Waals surface area contributed by atoms with Crippen LogP contribution in [0.4, 0.5) is 5.69 Å². The Morgan fingerprint density at radius 3 is 2.62 bits per heavy atom. The molecule has 0 bridgehead atoms. The Kier molecular flexibility index (Phi) is 3.43. The molecule has 2 N–H and O–H groups in total. The number of hydrogen-bond acceptors (Lipinski definition) is 3. The third-order valence-electron chi connectivity index (χ3n) is 3.34. The van der Waals surface area contributed by atoms with Gasteiger partial charge in [-0.1, -0.05) is 17.7 Å². The van der Waals surface area contributed by atoms with Gasteiger partial charge in [0.25, 0.3) is 0 Å². The zero-order valence-corrected chi connectivity index (χ0v) is 12.6. The van der Waals surface area contributed by atoms with Crippen molar-refractivity contribution in [2.24, 2.45) is 0 Å². The van der Waals surface area contributed by atoms with Crippen LogP contribution in [0.2, 0.25) is 5.02 Å². The third kappa shape index (κ3) is 2.65. The Balaban J connectivity index is 2.14. The van der Waals surface area contributed by atoms with Crippen molar-refractivity contribution in [3.05, 3.63) is 58.9 Å². The molecule has 0 saturated carbocycles. The molecular formula is C17H15ClN2O. The summed E-state index contributed by atoms with van der Waals surface area (Å²) in [5.41, 5.74) is 8.68. The Bertz CT molecular complexity index is 830. The molecule has 0 unspecified atom stereocenters. The van der Waals surface area contributed by atoms with Crippen LogP contribution < -0.4 is 10.5 Å². The first-order valence-electron chi connectivity index (χ1n) is 6.63. The van der Waals surface area contributed by atoms with Crippen molar-refractivity contribution in [3.8, 4) is 11.5 Å². The summed E-state index contributed by atoms with van der Waals surface area (Å²) in [6.07, 6.45) is 1.77. The Hall–Kier alpha value is -2.26. The molecule has 0 saturated heterocycles. The second-order valence-electron chi connectivity index (χ2n) is 5.06. The van der Waals surface area contributed by atoms with E-state index in [4.69, 9.17) is 22.1 Å². The molecule has 0 atom stereocenters. The van der Waals surface area contributed by atoms with E-state index in [9.17, 15) is 0 Å². The van der Waals surface area contributed by atoms with Gasteiger partial charge in [-0.25, -0.2) is 0 Å². The molecular weight excluding hydrogens is 284 g/mol. The number of fused-ring (bicyclic) bond motifs is 1. The third-order valence-corrected chi connectivity index (χ3v) is 3.65. The number of nitrogen functional groups attached to an aromatic ring is 1. The highest BCUT2D eigenvalue weighted by molar-refractivity contribution is 6.32. The highest BCUT2D eigenvalue weighted by atomic mass is 35.5. The first-order valence-corrected chi connectivity index (χ1v) is 7.01. The summed E-state index contributed by atoms with van der Waals surface area (Å²) in [6.45, 7) is 3.93. The molecule has 0 amide bonds. The summed E-state index contributed by atoms with van der Waals surface area (Å²) in [4.78, 5) is 4.29. The van der Waals surface area contributed by atoms with Crippen molar-refractivity contribution in [1.82, 2.24) is 4.98 Å². The summed E-state index contributed by atoms with van der Waals surface area (Å²) in [7, 11) is 0. The fourth-order valence-electron chi connectivity index (χ4n) is 2.23. The van der Waals surface area contributed by atoms with Gasteiger partial charge in [0.05, 0.1) is 5.02 Å². The molecule has 4 heteroatoms. The second-order valence-corrected chi connectivity index (χ2v) is 5.47. The minimum absolute atomic E-state index is 0.580. The molecule has 0 fully saturated rings. The van der Waals surface area contributed by atoms with Gasteiger partial charge < -0.3 is 10.5 Å². The lowest BCUT2D eigenvalue weighted by atomic mass is 10.1. The van der Waals surface area contributed by atoms with E-state index in [-0.39, 0.29) is 0 Å². The molecule has 1 heterocycles. The summed E-state index contributed by atoms with van der Waals surface area (Å²) in [5.74, 6) is 1.36. The minimum Gasteiger partial charge on any atom is -0.455 e.